The highest BCUT2D eigenvalue weighted by molar-refractivity contribution is 7.92. The molecule has 2 aromatic rings. The van der Waals surface area contributed by atoms with Gasteiger partial charge in [0.2, 0.25) is 21.8 Å². The number of rotatable bonds is 11. The summed E-state index contributed by atoms with van der Waals surface area (Å²) in [6, 6.07) is 11.7. The topological polar surface area (TPSA) is 86.8 Å². The van der Waals surface area contributed by atoms with Crippen LogP contribution in [0, 0.1) is 6.92 Å². The first-order chi connectivity index (χ1) is 18.0. The number of nitrogens with one attached hydrogen (secondary N) is 1. The molecular formula is C28H37Cl2N3O4S. The smallest absolute Gasteiger partial charge is 0.242 e. The van der Waals surface area contributed by atoms with E-state index in [9.17, 15) is 18.0 Å². The minimum absolute atomic E-state index is 0.0666. The van der Waals surface area contributed by atoms with Crippen LogP contribution in [0.5, 0.6) is 0 Å². The van der Waals surface area contributed by atoms with Crippen LogP contribution in [0.1, 0.15) is 63.0 Å². The molecule has 1 N–H and O–H groups in total. The van der Waals surface area contributed by atoms with Gasteiger partial charge in [0, 0.05) is 35.6 Å². The Morgan fingerprint density at radius 2 is 1.76 bits per heavy atom. The van der Waals surface area contributed by atoms with Crippen molar-refractivity contribution in [2.45, 2.75) is 77.4 Å². The average molecular weight is 583 g/mol. The fourth-order valence-electron chi connectivity index (χ4n) is 4.80. The van der Waals surface area contributed by atoms with E-state index in [1.54, 1.807) is 31.2 Å². The lowest BCUT2D eigenvalue weighted by Crippen LogP contribution is -2.50. The molecule has 1 atom stereocenters. The third kappa shape index (κ3) is 8.35. The van der Waals surface area contributed by atoms with Crippen molar-refractivity contribution in [3.05, 3.63) is 63.6 Å². The van der Waals surface area contributed by atoms with Gasteiger partial charge < -0.3 is 10.2 Å². The Labute approximate surface area is 236 Å². The molecule has 1 saturated carbocycles. The third-order valence-electron chi connectivity index (χ3n) is 7.01. The number of carbonyl (C=O) groups excluding carboxylic acids is 2. The molecule has 1 aliphatic rings. The summed E-state index contributed by atoms with van der Waals surface area (Å²) in [7, 11) is -3.61. The molecular weight excluding hydrogens is 545 g/mol. The summed E-state index contributed by atoms with van der Waals surface area (Å²) in [6.07, 6.45) is 6.72. The molecule has 3 rings (SSSR count). The summed E-state index contributed by atoms with van der Waals surface area (Å²) >= 11 is 12.5. The number of aryl methyl sites for hydroxylation is 1. The molecule has 0 unspecified atom stereocenters. The lowest BCUT2D eigenvalue weighted by atomic mass is 9.95. The monoisotopic (exact) mass is 581 g/mol. The van der Waals surface area contributed by atoms with Gasteiger partial charge in [-0.05, 0) is 62.4 Å². The van der Waals surface area contributed by atoms with Crippen molar-refractivity contribution in [2.75, 3.05) is 17.1 Å². The van der Waals surface area contributed by atoms with E-state index in [1.165, 1.54) is 15.6 Å². The number of halogens is 2. The van der Waals surface area contributed by atoms with Gasteiger partial charge in [-0.3, -0.25) is 13.9 Å². The molecule has 10 heteroatoms. The Morgan fingerprint density at radius 1 is 1.08 bits per heavy atom. The van der Waals surface area contributed by atoms with E-state index in [4.69, 9.17) is 23.2 Å². The Hall–Kier alpha value is -2.29. The number of hydrogen-bond acceptors (Lipinski definition) is 4. The Bertz CT molecular complexity index is 1230. The molecule has 0 heterocycles. The molecule has 7 nitrogen and oxygen atoms in total. The van der Waals surface area contributed by atoms with E-state index in [0.717, 1.165) is 43.1 Å². The summed E-state index contributed by atoms with van der Waals surface area (Å²) in [4.78, 5) is 28.2. The largest absolute Gasteiger partial charge is 0.352 e. The van der Waals surface area contributed by atoms with E-state index in [0.29, 0.717) is 15.7 Å². The maximum Gasteiger partial charge on any atom is 0.242 e. The zero-order valence-electron chi connectivity index (χ0n) is 22.3. The third-order valence-corrected chi connectivity index (χ3v) is 8.79. The van der Waals surface area contributed by atoms with Crippen molar-refractivity contribution in [3.8, 4) is 0 Å². The lowest BCUT2D eigenvalue weighted by Gasteiger charge is -2.32. The first kappa shape index (κ1) is 30.3. The molecule has 0 aliphatic heterocycles. The van der Waals surface area contributed by atoms with Gasteiger partial charge in [0.25, 0.3) is 0 Å². The zero-order valence-corrected chi connectivity index (χ0v) is 24.6. The fraction of sp³-hybridized carbons (Fsp3) is 0.500. The minimum atomic E-state index is -3.61. The van der Waals surface area contributed by atoms with Crippen molar-refractivity contribution in [3.63, 3.8) is 0 Å². The van der Waals surface area contributed by atoms with E-state index in [-0.39, 0.29) is 43.8 Å². The first-order valence-electron chi connectivity index (χ1n) is 13.0. The number of amides is 2. The zero-order chi connectivity index (χ0) is 27.9. The maximum atomic E-state index is 13.5. The second kappa shape index (κ2) is 13.7. The maximum absolute atomic E-state index is 13.5. The summed E-state index contributed by atoms with van der Waals surface area (Å²) in [6.45, 7) is 3.83. The van der Waals surface area contributed by atoms with Crippen LogP contribution in [-0.2, 0) is 26.2 Å². The molecule has 1 fully saturated rings. The van der Waals surface area contributed by atoms with E-state index in [1.807, 2.05) is 25.1 Å². The van der Waals surface area contributed by atoms with Crippen LogP contribution < -0.4 is 9.62 Å². The highest BCUT2D eigenvalue weighted by atomic mass is 35.5. The van der Waals surface area contributed by atoms with Crippen LogP contribution in [0.2, 0.25) is 10.0 Å². The standard InChI is InChI=1S/C28H37Cl2N3O4S/c1-20-15-16-23(29)18-26(20)33(38(3,36)37)17-9-14-27(34)32(19-22-10-7-8-13-25(22)30)21(2)28(35)31-24-11-5-4-6-12-24/h7-8,10,13,15-16,18,21,24H,4-6,9,11-12,14,17,19H2,1-3H3,(H,31,35)/t21-/m1/s1. The Morgan fingerprint density at radius 3 is 2.42 bits per heavy atom. The van der Waals surface area contributed by atoms with Gasteiger partial charge in [-0.1, -0.05) is 66.7 Å². The SMILES string of the molecule is Cc1ccc(Cl)cc1N(CCCC(=O)N(Cc1ccccc1Cl)[C@H](C)C(=O)NC1CCCCC1)S(C)(=O)=O. The fourth-order valence-corrected chi connectivity index (χ4v) is 6.17. The van der Waals surface area contributed by atoms with Crippen LogP contribution >= 0.6 is 23.2 Å². The van der Waals surface area contributed by atoms with Crippen molar-refractivity contribution < 1.29 is 18.0 Å². The minimum Gasteiger partial charge on any atom is -0.352 e. The molecule has 0 bridgehead atoms. The van der Waals surface area contributed by atoms with Crippen molar-refractivity contribution in [2.24, 2.45) is 0 Å². The molecule has 1 aliphatic carbocycles. The molecule has 0 saturated heterocycles. The van der Waals surface area contributed by atoms with E-state index >= 15 is 0 Å². The second-order valence-electron chi connectivity index (χ2n) is 10.0. The number of anilines is 1. The number of sulfonamides is 1. The molecule has 2 aromatic carbocycles. The van der Waals surface area contributed by atoms with Crippen LogP contribution in [-0.4, -0.2) is 50.0 Å². The number of hydrogen-bond donors (Lipinski definition) is 1. The number of nitrogens with zero attached hydrogens (tertiary/aromatic N) is 2. The van der Waals surface area contributed by atoms with Gasteiger partial charge >= 0.3 is 0 Å². The Balaban J connectivity index is 1.75. The summed E-state index contributed by atoms with van der Waals surface area (Å²) in [5, 5.41) is 4.06. The molecule has 0 spiro atoms. The van der Waals surface area contributed by atoms with Gasteiger partial charge in [-0.25, -0.2) is 8.42 Å². The predicted octanol–water partition coefficient (Wildman–Crippen LogP) is 5.71. The van der Waals surface area contributed by atoms with Crippen LogP contribution in [0.4, 0.5) is 5.69 Å². The molecule has 2 amide bonds. The Kier molecular flexibility index (Phi) is 10.9. The van der Waals surface area contributed by atoms with Crippen LogP contribution in [0.3, 0.4) is 0 Å². The average Bonchev–Trinajstić information content (AvgIpc) is 2.87. The normalized spacial score (nSPS) is 15.1. The lowest BCUT2D eigenvalue weighted by molar-refractivity contribution is -0.141. The van der Waals surface area contributed by atoms with E-state index < -0.39 is 16.1 Å². The molecule has 0 aromatic heterocycles. The first-order valence-corrected chi connectivity index (χ1v) is 15.6. The van der Waals surface area contributed by atoms with Gasteiger partial charge in [-0.15, -0.1) is 0 Å². The van der Waals surface area contributed by atoms with Crippen molar-refractivity contribution in [1.82, 2.24) is 10.2 Å². The summed E-state index contributed by atoms with van der Waals surface area (Å²) in [5.74, 6) is -0.433. The number of carbonyl (C=O) groups is 2. The van der Waals surface area contributed by atoms with Crippen LogP contribution in [0.25, 0.3) is 0 Å². The second-order valence-corrected chi connectivity index (χ2v) is 12.8. The summed E-state index contributed by atoms with van der Waals surface area (Å²) < 4.78 is 26.5. The summed E-state index contributed by atoms with van der Waals surface area (Å²) in [5.41, 5.74) is 1.99. The van der Waals surface area contributed by atoms with Gasteiger partial charge in [0.15, 0.2) is 0 Å². The van der Waals surface area contributed by atoms with Crippen molar-refractivity contribution in [1.29, 1.82) is 0 Å². The molecule has 0 radical (unpaired) electrons. The molecule has 208 valence electrons. The predicted molar refractivity (Wildman–Crippen MR) is 154 cm³/mol. The van der Waals surface area contributed by atoms with E-state index in [2.05, 4.69) is 5.32 Å². The molecule has 38 heavy (non-hydrogen) atoms. The van der Waals surface area contributed by atoms with Crippen molar-refractivity contribution >= 4 is 50.7 Å². The highest BCUT2D eigenvalue weighted by Crippen LogP contribution is 2.27. The van der Waals surface area contributed by atoms with Gasteiger partial charge in [-0.2, -0.15) is 0 Å². The van der Waals surface area contributed by atoms with Crippen LogP contribution in [0.15, 0.2) is 42.5 Å². The highest BCUT2D eigenvalue weighted by Gasteiger charge is 2.29. The quantitative estimate of drug-likeness (QED) is 0.368. The van der Waals surface area contributed by atoms with Gasteiger partial charge in [0.1, 0.15) is 6.04 Å². The van der Waals surface area contributed by atoms with Gasteiger partial charge in [0.05, 0.1) is 11.9 Å². The number of benzene rings is 2.